The quantitative estimate of drug-likeness (QED) is 0.885. The van der Waals surface area contributed by atoms with Crippen LogP contribution in [0.3, 0.4) is 0 Å². The SMILES string of the molecule is CC(C)CNCc1cncc(N2CCC(C)(C)C2)n1. The van der Waals surface area contributed by atoms with Gasteiger partial charge in [0.25, 0.3) is 0 Å². The summed E-state index contributed by atoms with van der Waals surface area (Å²) in [5.74, 6) is 1.69. The molecule has 0 aliphatic carbocycles. The first-order chi connectivity index (χ1) is 8.96. The summed E-state index contributed by atoms with van der Waals surface area (Å²) in [5.41, 5.74) is 1.43. The lowest BCUT2D eigenvalue weighted by molar-refractivity contribution is 0.418. The van der Waals surface area contributed by atoms with Crippen LogP contribution in [0.4, 0.5) is 5.82 Å². The lowest BCUT2D eigenvalue weighted by atomic mass is 9.93. The van der Waals surface area contributed by atoms with Gasteiger partial charge < -0.3 is 10.2 Å². The topological polar surface area (TPSA) is 41.1 Å². The van der Waals surface area contributed by atoms with E-state index in [-0.39, 0.29) is 0 Å². The molecule has 4 heteroatoms. The van der Waals surface area contributed by atoms with Gasteiger partial charge in [-0.2, -0.15) is 0 Å². The van der Waals surface area contributed by atoms with Crippen LogP contribution in [0.5, 0.6) is 0 Å². The van der Waals surface area contributed by atoms with Crippen molar-refractivity contribution in [2.75, 3.05) is 24.5 Å². The second-order valence-corrected chi connectivity index (χ2v) is 6.73. The summed E-state index contributed by atoms with van der Waals surface area (Å²) in [4.78, 5) is 11.4. The van der Waals surface area contributed by atoms with Gasteiger partial charge in [-0.25, -0.2) is 4.98 Å². The van der Waals surface area contributed by atoms with Crippen molar-refractivity contribution in [2.45, 2.75) is 40.7 Å². The molecule has 19 heavy (non-hydrogen) atoms. The van der Waals surface area contributed by atoms with Gasteiger partial charge in [-0.3, -0.25) is 4.98 Å². The van der Waals surface area contributed by atoms with Crippen molar-refractivity contribution in [2.24, 2.45) is 11.3 Å². The molecule has 0 spiro atoms. The van der Waals surface area contributed by atoms with Crippen LogP contribution < -0.4 is 10.2 Å². The van der Waals surface area contributed by atoms with Gasteiger partial charge in [0.2, 0.25) is 0 Å². The zero-order chi connectivity index (χ0) is 13.9. The van der Waals surface area contributed by atoms with Crippen molar-refractivity contribution in [3.63, 3.8) is 0 Å². The van der Waals surface area contributed by atoms with Crippen molar-refractivity contribution in [3.8, 4) is 0 Å². The Balaban J connectivity index is 1.96. The maximum atomic E-state index is 4.72. The molecule has 0 radical (unpaired) electrons. The summed E-state index contributed by atoms with van der Waals surface area (Å²) in [6.07, 6.45) is 4.97. The molecule has 0 bridgehead atoms. The first-order valence-electron chi connectivity index (χ1n) is 7.23. The number of hydrogen-bond acceptors (Lipinski definition) is 4. The molecule has 0 amide bonds. The second-order valence-electron chi connectivity index (χ2n) is 6.73. The van der Waals surface area contributed by atoms with Crippen LogP contribution in [0.1, 0.15) is 39.8 Å². The van der Waals surface area contributed by atoms with E-state index >= 15 is 0 Å². The lowest BCUT2D eigenvalue weighted by Gasteiger charge is -2.20. The Bertz CT molecular complexity index is 414. The summed E-state index contributed by atoms with van der Waals surface area (Å²) in [6.45, 7) is 13.0. The number of nitrogens with one attached hydrogen (secondary N) is 1. The van der Waals surface area contributed by atoms with Gasteiger partial charge in [0, 0.05) is 25.8 Å². The minimum absolute atomic E-state index is 0.396. The van der Waals surface area contributed by atoms with Crippen LogP contribution >= 0.6 is 0 Å². The van der Waals surface area contributed by atoms with Crippen molar-refractivity contribution in [1.82, 2.24) is 15.3 Å². The Kier molecular flexibility index (Phi) is 4.40. The third-order valence-corrected chi connectivity index (χ3v) is 3.53. The summed E-state index contributed by atoms with van der Waals surface area (Å²) in [6, 6.07) is 0. The van der Waals surface area contributed by atoms with Gasteiger partial charge in [-0.05, 0) is 24.3 Å². The van der Waals surface area contributed by atoms with E-state index in [1.165, 1.54) is 6.42 Å². The Morgan fingerprint density at radius 2 is 2.16 bits per heavy atom. The predicted octanol–water partition coefficient (Wildman–Crippen LogP) is 2.46. The molecule has 2 heterocycles. The first kappa shape index (κ1) is 14.3. The fraction of sp³-hybridized carbons (Fsp3) is 0.733. The Labute approximate surface area is 116 Å². The number of rotatable bonds is 5. The molecule has 1 fully saturated rings. The zero-order valence-electron chi connectivity index (χ0n) is 12.6. The molecule has 1 N–H and O–H groups in total. The van der Waals surface area contributed by atoms with Crippen molar-refractivity contribution >= 4 is 5.82 Å². The van der Waals surface area contributed by atoms with E-state index in [4.69, 9.17) is 4.98 Å². The molecule has 0 aromatic carbocycles. The van der Waals surface area contributed by atoms with E-state index in [1.54, 1.807) is 0 Å². The van der Waals surface area contributed by atoms with Crippen molar-refractivity contribution < 1.29 is 0 Å². The number of hydrogen-bond donors (Lipinski definition) is 1. The molecule has 1 aliphatic heterocycles. The van der Waals surface area contributed by atoms with Gasteiger partial charge in [-0.15, -0.1) is 0 Å². The minimum atomic E-state index is 0.396. The fourth-order valence-corrected chi connectivity index (χ4v) is 2.43. The van der Waals surface area contributed by atoms with Crippen LogP contribution in [-0.4, -0.2) is 29.6 Å². The number of nitrogens with zero attached hydrogens (tertiary/aromatic N) is 3. The summed E-state index contributed by atoms with van der Waals surface area (Å²) >= 11 is 0. The van der Waals surface area contributed by atoms with Crippen LogP contribution in [0.25, 0.3) is 0 Å². The highest BCUT2D eigenvalue weighted by Crippen LogP contribution is 2.31. The molecule has 106 valence electrons. The van der Waals surface area contributed by atoms with Crippen molar-refractivity contribution in [1.29, 1.82) is 0 Å². The molecule has 0 saturated carbocycles. The Morgan fingerprint density at radius 1 is 1.37 bits per heavy atom. The van der Waals surface area contributed by atoms with Crippen LogP contribution in [0.15, 0.2) is 12.4 Å². The molecule has 1 aromatic heterocycles. The molecule has 0 atom stereocenters. The molecule has 1 saturated heterocycles. The largest absolute Gasteiger partial charge is 0.355 e. The van der Waals surface area contributed by atoms with Crippen LogP contribution in [0.2, 0.25) is 0 Å². The molecule has 2 rings (SSSR count). The molecule has 4 nitrogen and oxygen atoms in total. The minimum Gasteiger partial charge on any atom is -0.355 e. The average Bonchev–Trinajstić information content (AvgIpc) is 2.70. The third-order valence-electron chi connectivity index (χ3n) is 3.53. The number of aromatic nitrogens is 2. The summed E-state index contributed by atoms with van der Waals surface area (Å²) in [5, 5.41) is 3.41. The Hall–Kier alpha value is -1.16. The standard InChI is InChI=1S/C15H26N4/c1-12(2)7-16-8-13-9-17-10-14(18-13)19-6-5-15(3,4)11-19/h9-10,12,16H,5-8,11H2,1-4H3. The molecule has 1 aliphatic rings. The smallest absolute Gasteiger partial charge is 0.147 e. The van der Waals surface area contributed by atoms with E-state index in [0.717, 1.165) is 37.7 Å². The molecular weight excluding hydrogens is 236 g/mol. The molecular formula is C15H26N4. The second kappa shape index (κ2) is 5.87. The highest BCUT2D eigenvalue weighted by atomic mass is 15.2. The van der Waals surface area contributed by atoms with Gasteiger partial charge in [0.15, 0.2) is 0 Å². The first-order valence-corrected chi connectivity index (χ1v) is 7.23. The van der Waals surface area contributed by atoms with E-state index in [9.17, 15) is 0 Å². The van der Waals surface area contributed by atoms with Crippen LogP contribution in [-0.2, 0) is 6.54 Å². The molecule has 1 aromatic rings. The monoisotopic (exact) mass is 262 g/mol. The van der Waals surface area contributed by atoms with Gasteiger partial charge in [0.05, 0.1) is 11.9 Å². The van der Waals surface area contributed by atoms with E-state index in [0.29, 0.717) is 11.3 Å². The number of anilines is 1. The Morgan fingerprint density at radius 3 is 2.79 bits per heavy atom. The maximum Gasteiger partial charge on any atom is 0.147 e. The predicted molar refractivity (Wildman–Crippen MR) is 79.2 cm³/mol. The third kappa shape index (κ3) is 4.16. The molecule has 0 unspecified atom stereocenters. The van der Waals surface area contributed by atoms with E-state index in [2.05, 4.69) is 42.9 Å². The maximum absolute atomic E-state index is 4.72. The van der Waals surface area contributed by atoms with Gasteiger partial charge in [0.1, 0.15) is 5.82 Å². The fourth-order valence-electron chi connectivity index (χ4n) is 2.43. The van der Waals surface area contributed by atoms with Gasteiger partial charge in [-0.1, -0.05) is 27.7 Å². The highest BCUT2D eigenvalue weighted by molar-refractivity contribution is 5.38. The lowest BCUT2D eigenvalue weighted by Crippen LogP contribution is -2.25. The van der Waals surface area contributed by atoms with E-state index in [1.807, 2.05) is 12.4 Å². The zero-order valence-corrected chi connectivity index (χ0v) is 12.6. The summed E-state index contributed by atoms with van der Waals surface area (Å²) < 4.78 is 0. The summed E-state index contributed by atoms with van der Waals surface area (Å²) in [7, 11) is 0. The normalized spacial score (nSPS) is 18.3. The highest BCUT2D eigenvalue weighted by Gasteiger charge is 2.29. The van der Waals surface area contributed by atoms with Crippen molar-refractivity contribution in [3.05, 3.63) is 18.1 Å². The van der Waals surface area contributed by atoms with E-state index < -0.39 is 0 Å². The van der Waals surface area contributed by atoms with Crippen LogP contribution in [0, 0.1) is 11.3 Å². The van der Waals surface area contributed by atoms with Gasteiger partial charge >= 0.3 is 0 Å². The average molecular weight is 262 g/mol.